The van der Waals surface area contributed by atoms with Gasteiger partial charge in [0, 0.05) is 27.2 Å². The van der Waals surface area contributed by atoms with E-state index < -0.39 is 0 Å². The molecule has 0 aliphatic carbocycles. The molecule has 6 nitrogen and oxygen atoms in total. The van der Waals surface area contributed by atoms with Crippen molar-refractivity contribution >= 4 is 56.2 Å². The maximum atomic E-state index is 4.89. The average Bonchev–Trinajstić information content (AvgIpc) is 3.44. The van der Waals surface area contributed by atoms with Crippen LogP contribution < -0.4 is 10.6 Å². The van der Waals surface area contributed by atoms with E-state index in [-0.39, 0.29) is 6.29 Å². The zero-order valence-corrected chi connectivity index (χ0v) is 19.4. The summed E-state index contributed by atoms with van der Waals surface area (Å²) in [7, 11) is 0. The van der Waals surface area contributed by atoms with Gasteiger partial charge in [0.1, 0.15) is 0 Å². The molecule has 2 aromatic heterocycles. The molecule has 4 aromatic carbocycles. The fourth-order valence-electron chi connectivity index (χ4n) is 5.71. The van der Waals surface area contributed by atoms with Gasteiger partial charge >= 0.3 is 0 Å². The minimum atomic E-state index is -0.249. The lowest BCUT2D eigenvalue weighted by atomic mass is 10.1. The van der Waals surface area contributed by atoms with Crippen LogP contribution >= 0.6 is 0 Å². The summed E-state index contributed by atoms with van der Waals surface area (Å²) in [5.41, 5.74) is 7.92. The highest BCUT2D eigenvalue weighted by molar-refractivity contribution is 6.18. The van der Waals surface area contributed by atoms with Gasteiger partial charge in [0.15, 0.2) is 0 Å². The van der Waals surface area contributed by atoms with Crippen molar-refractivity contribution in [3.05, 3.63) is 102 Å². The molecule has 8 rings (SSSR count). The van der Waals surface area contributed by atoms with Gasteiger partial charge in [-0.05, 0) is 36.4 Å². The Hall–Kier alpha value is -4.84. The van der Waals surface area contributed by atoms with Crippen LogP contribution in [-0.4, -0.2) is 28.2 Å². The summed E-state index contributed by atoms with van der Waals surface area (Å²) in [6.45, 7) is 0.622. The third kappa shape index (κ3) is 2.66. The predicted octanol–water partition coefficient (Wildman–Crippen LogP) is 5.86. The first-order valence-electron chi connectivity index (χ1n) is 12.2. The van der Waals surface area contributed by atoms with Crippen molar-refractivity contribution in [1.29, 1.82) is 0 Å². The Bertz CT molecular complexity index is 1920. The van der Waals surface area contributed by atoms with E-state index in [1.165, 1.54) is 32.6 Å². The van der Waals surface area contributed by atoms with Crippen molar-refractivity contribution in [3.63, 3.8) is 0 Å². The number of aromatic nitrogens is 2. The number of nitrogens with zero attached hydrogens (tertiary/aromatic N) is 4. The summed E-state index contributed by atoms with van der Waals surface area (Å²) in [4.78, 5) is 9.27. The topological polar surface area (TPSA) is 58.6 Å². The van der Waals surface area contributed by atoms with Gasteiger partial charge in [0.05, 0.1) is 52.6 Å². The first kappa shape index (κ1) is 19.5. The predicted molar refractivity (Wildman–Crippen MR) is 148 cm³/mol. The molecule has 4 heterocycles. The minimum Gasteiger partial charge on any atom is -0.347 e. The minimum absolute atomic E-state index is 0.249. The van der Waals surface area contributed by atoms with Crippen LogP contribution in [0.5, 0.6) is 0 Å². The van der Waals surface area contributed by atoms with Crippen LogP contribution in [0.25, 0.3) is 49.3 Å². The molecule has 0 radical (unpaired) electrons. The summed E-state index contributed by atoms with van der Waals surface area (Å²) < 4.78 is 4.69. The van der Waals surface area contributed by atoms with E-state index in [1.54, 1.807) is 6.34 Å². The Morgan fingerprint density at radius 1 is 0.694 bits per heavy atom. The molecule has 0 spiro atoms. The third-order valence-electron chi connectivity index (χ3n) is 7.30. The van der Waals surface area contributed by atoms with Crippen molar-refractivity contribution < 1.29 is 0 Å². The largest absolute Gasteiger partial charge is 0.347 e. The van der Waals surface area contributed by atoms with Gasteiger partial charge in [-0.15, -0.1) is 0 Å². The third-order valence-corrected chi connectivity index (χ3v) is 7.30. The van der Waals surface area contributed by atoms with Crippen LogP contribution in [0.3, 0.4) is 0 Å². The van der Waals surface area contributed by atoms with E-state index in [9.17, 15) is 0 Å². The average molecular weight is 467 g/mol. The lowest BCUT2D eigenvalue weighted by Gasteiger charge is -2.27. The highest BCUT2D eigenvalue weighted by Gasteiger charge is 2.24. The summed E-state index contributed by atoms with van der Waals surface area (Å²) in [6, 6.07) is 32.5. The monoisotopic (exact) mass is 466 g/mol. The second kappa shape index (κ2) is 7.33. The lowest BCUT2D eigenvalue weighted by Crippen LogP contribution is -2.35. The summed E-state index contributed by atoms with van der Waals surface area (Å²) in [5, 5.41) is 11.7. The quantitative estimate of drug-likeness (QED) is 0.336. The number of rotatable bonds is 2. The first-order chi connectivity index (χ1) is 17.9. The number of benzene rings is 4. The molecular weight excluding hydrogens is 444 g/mol. The van der Waals surface area contributed by atoms with E-state index in [2.05, 4.69) is 116 Å². The fourth-order valence-corrected chi connectivity index (χ4v) is 5.71. The molecule has 0 saturated heterocycles. The molecule has 2 aliphatic rings. The van der Waals surface area contributed by atoms with E-state index in [4.69, 9.17) is 4.99 Å². The standard InChI is InChI=1S/C30H22N6/c1-2-8-19(9-3-1)35-26-12-6-4-10-20(26)22-15-29-23(14-28(22)35)21-11-5-7-13-27(21)36(29)30-32-17-24-25(34-30)16-31-18-33-24/h1-15,17-18,30,34H,16H2,(H,31,33). The summed E-state index contributed by atoms with van der Waals surface area (Å²) >= 11 is 0. The van der Waals surface area contributed by atoms with Gasteiger partial charge in [-0.2, -0.15) is 0 Å². The Balaban J connectivity index is 1.45. The number of aliphatic imine (C=N–C) groups is 2. The van der Waals surface area contributed by atoms with Crippen molar-refractivity contribution in [2.24, 2.45) is 9.98 Å². The van der Waals surface area contributed by atoms with Crippen molar-refractivity contribution in [1.82, 2.24) is 19.8 Å². The molecule has 172 valence electrons. The van der Waals surface area contributed by atoms with Crippen molar-refractivity contribution in [2.75, 3.05) is 6.54 Å². The lowest BCUT2D eigenvalue weighted by molar-refractivity contribution is 0.473. The van der Waals surface area contributed by atoms with Crippen LogP contribution in [0.4, 0.5) is 0 Å². The van der Waals surface area contributed by atoms with Crippen LogP contribution in [0.2, 0.25) is 0 Å². The molecule has 0 bridgehead atoms. The molecule has 1 unspecified atom stereocenters. The number of hydrogen-bond acceptors (Lipinski definition) is 4. The SMILES string of the molecule is C1=NCC2=C(C=NC(n3c4ccccc4c4cc5c(cc43)c3ccccc3n5-c3ccccc3)N2)N1. The maximum absolute atomic E-state index is 4.89. The molecule has 6 heteroatoms. The molecule has 0 fully saturated rings. The highest BCUT2D eigenvalue weighted by Crippen LogP contribution is 2.39. The van der Waals surface area contributed by atoms with Gasteiger partial charge in [-0.3, -0.25) is 4.99 Å². The fraction of sp³-hybridized carbons (Fsp3) is 0.0667. The molecular formula is C30H22N6. The molecule has 2 aliphatic heterocycles. The zero-order valence-electron chi connectivity index (χ0n) is 19.4. The Morgan fingerprint density at radius 2 is 1.39 bits per heavy atom. The number of nitrogens with one attached hydrogen (secondary N) is 2. The molecule has 2 N–H and O–H groups in total. The van der Waals surface area contributed by atoms with Gasteiger partial charge in [0.25, 0.3) is 0 Å². The number of allylic oxidation sites excluding steroid dienone is 1. The Kier molecular flexibility index (Phi) is 3.96. The highest BCUT2D eigenvalue weighted by atomic mass is 15.3. The van der Waals surface area contributed by atoms with E-state index in [1.807, 2.05) is 6.21 Å². The Labute approximate surface area is 206 Å². The van der Waals surface area contributed by atoms with E-state index in [0.717, 1.165) is 28.1 Å². The van der Waals surface area contributed by atoms with Crippen LogP contribution in [-0.2, 0) is 0 Å². The van der Waals surface area contributed by atoms with Crippen molar-refractivity contribution in [2.45, 2.75) is 6.29 Å². The van der Waals surface area contributed by atoms with Crippen LogP contribution in [0.1, 0.15) is 6.29 Å². The molecule has 0 amide bonds. The Morgan fingerprint density at radius 3 is 2.25 bits per heavy atom. The van der Waals surface area contributed by atoms with Gasteiger partial charge in [-0.25, -0.2) is 4.99 Å². The van der Waals surface area contributed by atoms with Gasteiger partial charge < -0.3 is 19.8 Å². The smallest absolute Gasteiger partial charge is 0.200 e. The normalized spacial score (nSPS) is 17.2. The molecule has 1 atom stereocenters. The second-order valence-corrected chi connectivity index (χ2v) is 9.26. The molecule has 6 aromatic rings. The van der Waals surface area contributed by atoms with Gasteiger partial charge in [-0.1, -0.05) is 54.6 Å². The number of para-hydroxylation sites is 3. The summed E-state index contributed by atoms with van der Waals surface area (Å²) in [5.74, 6) is 0. The summed E-state index contributed by atoms with van der Waals surface area (Å²) in [6.07, 6.45) is 3.40. The number of fused-ring (bicyclic) bond motifs is 6. The maximum Gasteiger partial charge on any atom is 0.200 e. The second-order valence-electron chi connectivity index (χ2n) is 9.26. The molecule has 0 saturated carbocycles. The van der Waals surface area contributed by atoms with Gasteiger partial charge in [0.2, 0.25) is 6.29 Å². The van der Waals surface area contributed by atoms with E-state index in [0.29, 0.717) is 6.54 Å². The van der Waals surface area contributed by atoms with Crippen LogP contribution in [0, 0.1) is 0 Å². The number of hydrogen-bond donors (Lipinski definition) is 2. The van der Waals surface area contributed by atoms with Crippen molar-refractivity contribution in [3.8, 4) is 5.69 Å². The van der Waals surface area contributed by atoms with Crippen LogP contribution in [0.15, 0.2) is 112 Å². The first-order valence-corrected chi connectivity index (χ1v) is 12.2. The molecule has 36 heavy (non-hydrogen) atoms. The van der Waals surface area contributed by atoms with E-state index >= 15 is 0 Å². The zero-order chi connectivity index (χ0) is 23.6.